The van der Waals surface area contributed by atoms with Crippen LogP contribution in [0.15, 0.2) is 145 Å². The second kappa shape index (κ2) is 21.3. The van der Waals surface area contributed by atoms with E-state index >= 15 is 0 Å². The van der Waals surface area contributed by atoms with Crippen molar-refractivity contribution in [3.63, 3.8) is 0 Å². The number of hydrogen-bond acceptors (Lipinski definition) is 10. The zero-order valence-corrected chi connectivity index (χ0v) is 34.0. The number of amides is 3. The van der Waals surface area contributed by atoms with Gasteiger partial charge in [-0.05, 0) is 107 Å². The predicted octanol–water partition coefficient (Wildman–Crippen LogP) is 9.23. The fourth-order valence-electron chi connectivity index (χ4n) is 5.84. The van der Waals surface area contributed by atoms with Crippen LogP contribution in [0.4, 0.5) is 10.3 Å². The fraction of sp³-hybridized carbons (Fsp3) is 0.0638. The van der Waals surface area contributed by atoms with Crippen molar-refractivity contribution in [2.24, 2.45) is 5.73 Å². The molecule has 4 N–H and O–H groups in total. The van der Waals surface area contributed by atoms with Crippen LogP contribution in [0.5, 0.6) is 0 Å². The first-order valence-corrected chi connectivity index (χ1v) is 20.4. The lowest BCUT2D eigenvalue weighted by Crippen LogP contribution is -2.17. The molecule has 0 aliphatic rings. The van der Waals surface area contributed by atoms with Crippen molar-refractivity contribution in [2.45, 2.75) is 20.5 Å². The van der Waals surface area contributed by atoms with Crippen molar-refractivity contribution in [1.82, 2.24) is 29.1 Å². The summed E-state index contributed by atoms with van der Waals surface area (Å²) in [7, 11) is 0. The van der Waals surface area contributed by atoms with Crippen LogP contribution in [-0.2, 0) is 13.1 Å². The van der Waals surface area contributed by atoms with E-state index in [2.05, 4.69) is 36.6 Å². The molecule has 6 aromatic heterocycles. The summed E-state index contributed by atoms with van der Waals surface area (Å²) >= 11 is 2.72. The predicted molar refractivity (Wildman–Crippen MR) is 246 cm³/mol. The number of anilines is 2. The molecule has 8 aromatic rings. The molecule has 13 nitrogen and oxygen atoms in total. The number of rotatable bonds is 13. The summed E-state index contributed by atoms with van der Waals surface area (Å²) in [6.07, 6.45) is 18.2. The third-order valence-corrected chi connectivity index (χ3v) is 10.5. The zero-order valence-electron chi connectivity index (χ0n) is 32.3. The Balaban J connectivity index is 0.000000204. The molecule has 0 saturated carbocycles. The summed E-state index contributed by atoms with van der Waals surface area (Å²) in [5.74, 6) is -0.876. The van der Waals surface area contributed by atoms with Crippen LogP contribution < -0.4 is 16.4 Å². The molecule has 6 heterocycles. The van der Waals surface area contributed by atoms with Gasteiger partial charge in [-0.15, -0.1) is 22.7 Å². The average Bonchev–Trinajstić information content (AvgIpc) is 4.13. The quantitative estimate of drug-likeness (QED) is 0.102. The number of thiazole rings is 2. The van der Waals surface area contributed by atoms with Crippen LogP contribution in [-0.4, -0.2) is 46.8 Å². The first-order valence-electron chi connectivity index (χ1n) is 18.7. The monoisotopic (exact) mass is 856 g/mol. The van der Waals surface area contributed by atoms with Gasteiger partial charge in [-0.25, -0.2) is 9.97 Å². The van der Waals surface area contributed by atoms with Crippen molar-refractivity contribution in [1.29, 1.82) is 5.26 Å². The highest BCUT2D eigenvalue weighted by Gasteiger charge is 2.15. The van der Waals surface area contributed by atoms with Gasteiger partial charge >= 0.3 is 0 Å². The standard InChI is InChI=1S/C23H19N5O2S.C23H17N5OS.CH4/c24-21(29)18-6-3-16(4-7-18)5-8-19-15-31-23(26-19)27-22(30)20-2-1-13-28(20)14-17-9-11-25-12-10-17;24-14-18-5-3-17(4-6-18)7-8-20-16-30-23(26-20)27-22(29)21-2-1-13-28(21)15-19-9-11-25-12-10-19;/h1-13,15H,14H2,(H2,24,29)(H,26,27,30);1-13,16H,15H2,(H,26,27,29);1H4/b8-5+;8-7+;. The lowest BCUT2D eigenvalue weighted by molar-refractivity contribution is 0.0995. The van der Waals surface area contributed by atoms with Crippen molar-refractivity contribution < 1.29 is 14.4 Å². The van der Waals surface area contributed by atoms with Crippen LogP contribution in [0, 0.1) is 11.3 Å². The SMILES string of the molecule is C.N#Cc1ccc(/C=C/c2csc(NC(=O)c3cccn3Cc3ccncc3)n2)cc1.NC(=O)c1ccc(/C=C/c2csc(NC(=O)c3cccn3Cc3ccncc3)n2)cc1. The topological polar surface area (TPSA) is 186 Å². The Hall–Kier alpha value is -8.06. The highest BCUT2D eigenvalue weighted by Crippen LogP contribution is 2.21. The minimum absolute atomic E-state index is 0. The van der Waals surface area contributed by atoms with E-state index in [1.807, 2.05) is 117 Å². The van der Waals surface area contributed by atoms with Crippen LogP contribution in [0.3, 0.4) is 0 Å². The number of nitrogens with two attached hydrogens (primary N) is 1. The average molecular weight is 857 g/mol. The highest BCUT2D eigenvalue weighted by molar-refractivity contribution is 7.14. The van der Waals surface area contributed by atoms with Crippen molar-refractivity contribution in [3.05, 3.63) is 201 Å². The van der Waals surface area contributed by atoms with E-state index in [4.69, 9.17) is 11.0 Å². The molecule has 15 heteroatoms. The number of benzene rings is 2. The van der Waals surface area contributed by atoms with Crippen molar-refractivity contribution in [2.75, 3.05) is 10.6 Å². The molecule has 0 unspecified atom stereocenters. The van der Waals surface area contributed by atoms with Gasteiger partial charge in [0.05, 0.1) is 23.0 Å². The Morgan fingerprint density at radius 1 is 0.629 bits per heavy atom. The number of carbonyl (C=O) groups excluding carboxylic acids is 3. The number of nitrogens with zero attached hydrogens (tertiary/aromatic N) is 7. The normalized spacial score (nSPS) is 10.7. The molecular weight excluding hydrogens is 817 g/mol. The van der Waals surface area contributed by atoms with E-state index < -0.39 is 5.91 Å². The molecule has 0 aliphatic carbocycles. The third kappa shape index (κ3) is 12.0. The molecule has 308 valence electrons. The molecule has 8 rings (SSSR count). The first-order chi connectivity index (χ1) is 29.8. The van der Waals surface area contributed by atoms with Gasteiger partial charge in [-0.1, -0.05) is 43.8 Å². The van der Waals surface area contributed by atoms with Crippen LogP contribution >= 0.6 is 22.7 Å². The van der Waals surface area contributed by atoms with Gasteiger partial charge in [0.1, 0.15) is 11.4 Å². The maximum Gasteiger partial charge on any atom is 0.274 e. The van der Waals surface area contributed by atoms with E-state index in [1.165, 1.54) is 22.7 Å². The number of nitrogens with one attached hydrogen (secondary N) is 2. The minimum Gasteiger partial charge on any atom is -0.366 e. The summed E-state index contributed by atoms with van der Waals surface area (Å²) in [4.78, 5) is 53.5. The number of hydrogen-bond donors (Lipinski definition) is 3. The molecule has 62 heavy (non-hydrogen) atoms. The van der Waals surface area contributed by atoms with E-state index in [0.717, 1.165) is 33.6 Å². The summed E-state index contributed by atoms with van der Waals surface area (Å²) in [5.41, 5.74) is 13.0. The highest BCUT2D eigenvalue weighted by atomic mass is 32.1. The van der Waals surface area contributed by atoms with E-state index in [-0.39, 0.29) is 19.2 Å². The van der Waals surface area contributed by atoms with Gasteiger partial charge in [-0.3, -0.25) is 35.0 Å². The zero-order chi connectivity index (χ0) is 42.4. The number of nitriles is 1. The molecule has 0 radical (unpaired) electrons. The summed E-state index contributed by atoms with van der Waals surface area (Å²) < 4.78 is 3.78. The smallest absolute Gasteiger partial charge is 0.274 e. The number of carbonyl (C=O) groups is 3. The Bertz CT molecular complexity index is 2830. The third-order valence-electron chi connectivity index (χ3n) is 8.94. The lowest BCUT2D eigenvalue weighted by atomic mass is 10.1. The van der Waals surface area contributed by atoms with Crippen LogP contribution in [0.1, 0.15) is 78.0 Å². The summed E-state index contributed by atoms with van der Waals surface area (Å²) in [5, 5.41) is 19.4. The summed E-state index contributed by atoms with van der Waals surface area (Å²) in [6.45, 7) is 1.17. The van der Waals surface area contributed by atoms with Gasteiger partial charge < -0.3 is 14.9 Å². The maximum atomic E-state index is 12.7. The van der Waals surface area contributed by atoms with Crippen LogP contribution in [0.2, 0.25) is 0 Å². The Morgan fingerprint density at radius 2 is 1.06 bits per heavy atom. The van der Waals surface area contributed by atoms with Gasteiger partial charge in [0, 0.05) is 66.6 Å². The Kier molecular flexibility index (Phi) is 14.9. The molecule has 0 bridgehead atoms. The van der Waals surface area contributed by atoms with Crippen molar-refractivity contribution in [3.8, 4) is 6.07 Å². The van der Waals surface area contributed by atoms with Gasteiger partial charge in [-0.2, -0.15) is 5.26 Å². The van der Waals surface area contributed by atoms with Gasteiger partial charge in [0.2, 0.25) is 5.91 Å². The Morgan fingerprint density at radius 3 is 1.48 bits per heavy atom. The number of aromatic nitrogens is 6. The first kappa shape index (κ1) is 43.5. The molecule has 0 fully saturated rings. The molecule has 2 aromatic carbocycles. The van der Waals surface area contributed by atoms with Crippen molar-refractivity contribution >= 4 is 75.0 Å². The lowest BCUT2D eigenvalue weighted by Gasteiger charge is -2.08. The second-order valence-corrected chi connectivity index (χ2v) is 14.9. The molecule has 0 saturated heterocycles. The molecule has 0 atom stereocenters. The van der Waals surface area contributed by atoms with Crippen LogP contribution in [0.25, 0.3) is 24.3 Å². The Labute approximate surface area is 366 Å². The van der Waals surface area contributed by atoms with E-state index in [9.17, 15) is 14.4 Å². The van der Waals surface area contributed by atoms with Gasteiger partial charge in [0.25, 0.3) is 11.8 Å². The summed E-state index contributed by atoms with van der Waals surface area (Å²) in [6, 6.07) is 31.3. The van der Waals surface area contributed by atoms with E-state index in [0.29, 0.717) is 45.9 Å². The van der Waals surface area contributed by atoms with Gasteiger partial charge in [0.15, 0.2) is 10.3 Å². The number of primary amides is 1. The maximum absolute atomic E-state index is 12.7. The molecule has 0 spiro atoms. The molecular formula is C47H40N10O3S2. The number of pyridine rings is 2. The largest absolute Gasteiger partial charge is 0.366 e. The fourth-order valence-corrected chi connectivity index (χ4v) is 7.19. The van der Waals surface area contributed by atoms with E-state index in [1.54, 1.807) is 61.2 Å². The molecule has 3 amide bonds. The molecule has 0 aliphatic heterocycles. The minimum atomic E-state index is -0.456. The second-order valence-electron chi connectivity index (χ2n) is 13.2.